The van der Waals surface area contributed by atoms with E-state index in [9.17, 15) is 4.79 Å². The molecule has 186 valence electrons. The number of aliphatic hydroxyl groups excluding tert-OH is 1. The lowest BCUT2D eigenvalue weighted by Gasteiger charge is -2.16. The van der Waals surface area contributed by atoms with Crippen molar-refractivity contribution in [3.05, 3.63) is 10.4 Å². The molecule has 1 unspecified atom stereocenters. The normalized spacial score (nSPS) is 14.3. The molecule has 1 atom stereocenters. The first-order chi connectivity index (χ1) is 15.1. The smallest absolute Gasteiger partial charge is 0.319 e. The Morgan fingerprint density at radius 2 is 1.69 bits per heavy atom. The van der Waals surface area contributed by atoms with Gasteiger partial charge in [-0.25, -0.2) is 0 Å². The average Bonchev–Trinajstić information content (AvgIpc) is 3.42. The van der Waals surface area contributed by atoms with Gasteiger partial charge in [-0.05, 0) is 32.2 Å². The Morgan fingerprint density at radius 3 is 2.03 bits per heavy atom. The summed E-state index contributed by atoms with van der Waals surface area (Å²) in [5, 5.41) is 20.6. The van der Waals surface area contributed by atoms with Gasteiger partial charge in [0.15, 0.2) is 0 Å². The average molecular weight is 542 g/mol. The Labute approximate surface area is 218 Å². The zero-order valence-corrected chi connectivity index (χ0v) is 23.7. The molecule has 0 aromatic carbocycles. The Hall–Kier alpha value is -0.0300. The number of rotatable bonds is 15. The van der Waals surface area contributed by atoms with Gasteiger partial charge in [0, 0.05) is 18.1 Å². The molecule has 1 rings (SSSR count). The molecule has 1 aliphatic heterocycles. The van der Waals surface area contributed by atoms with E-state index in [4.69, 9.17) is 28.0 Å². The topological polar surface area (TPSA) is 106 Å². The molecule has 0 radical (unpaired) electrons. The number of azide groups is 1. The number of thiocarbonyl (C=S) groups is 2. The summed E-state index contributed by atoms with van der Waals surface area (Å²) in [6.45, 7) is 5.94. The number of nitrogens with zero attached hydrogens (tertiary/aromatic N) is 3. The van der Waals surface area contributed by atoms with E-state index in [2.05, 4.69) is 41.8 Å². The highest BCUT2D eigenvalue weighted by atomic mass is 32.2. The van der Waals surface area contributed by atoms with Crippen molar-refractivity contribution in [3.63, 3.8) is 0 Å². The van der Waals surface area contributed by atoms with Crippen LogP contribution in [-0.2, 0) is 4.79 Å². The monoisotopic (exact) mass is 541 g/mol. The predicted octanol–water partition coefficient (Wildman–Crippen LogP) is 7.83. The van der Waals surface area contributed by atoms with Gasteiger partial charge in [0.2, 0.25) is 0 Å². The second kappa shape index (κ2) is 22.7. The van der Waals surface area contributed by atoms with E-state index < -0.39 is 10.7 Å². The van der Waals surface area contributed by atoms with Crippen molar-refractivity contribution in [2.45, 2.75) is 101 Å². The van der Waals surface area contributed by atoms with Crippen LogP contribution in [0.1, 0.15) is 91.4 Å². The highest BCUT2D eigenvalue weighted by Crippen LogP contribution is 2.38. The highest BCUT2D eigenvalue weighted by molar-refractivity contribution is 8.42. The molecular weight excluding hydrogens is 503 g/mol. The minimum Gasteiger partial charge on any atom is -0.480 e. The number of carboxylic acids is 1. The van der Waals surface area contributed by atoms with E-state index in [0.29, 0.717) is 16.5 Å². The number of thiol groups is 1. The summed E-state index contributed by atoms with van der Waals surface area (Å²) in [7, 11) is 0. The number of carboxylic acid groups (broad SMARTS) is 1. The molecule has 32 heavy (non-hydrogen) atoms. The van der Waals surface area contributed by atoms with Gasteiger partial charge >= 0.3 is 5.97 Å². The molecule has 0 aromatic heterocycles. The summed E-state index contributed by atoms with van der Waals surface area (Å²) in [6.07, 6.45) is 14.8. The summed E-state index contributed by atoms with van der Waals surface area (Å²) in [4.78, 5) is 12.9. The van der Waals surface area contributed by atoms with Gasteiger partial charge in [0.1, 0.15) is 8.28 Å². The molecule has 1 heterocycles. The molecule has 1 aliphatic rings. The van der Waals surface area contributed by atoms with Crippen molar-refractivity contribution in [1.29, 1.82) is 0 Å². The van der Waals surface area contributed by atoms with Crippen LogP contribution in [0.25, 0.3) is 10.4 Å². The number of aliphatic hydroxyl groups is 1. The molecular formula is C21H39N3O3S5. The fourth-order valence-corrected chi connectivity index (χ4v) is 5.29. The molecule has 11 heteroatoms. The molecule has 0 spiro atoms. The second-order valence-electron chi connectivity index (χ2n) is 7.76. The summed E-state index contributed by atoms with van der Waals surface area (Å²) < 4.78 is 0.751. The van der Waals surface area contributed by atoms with Gasteiger partial charge in [-0.3, -0.25) is 4.79 Å². The van der Waals surface area contributed by atoms with Crippen LogP contribution < -0.4 is 0 Å². The van der Waals surface area contributed by atoms with E-state index in [1.54, 1.807) is 13.8 Å². The van der Waals surface area contributed by atoms with Gasteiger partial charge in [-0.2, -0.15) is 0 Å². The molecule has 1 saturated heterocycles. The first kappa shape index (κ1) is 34.1. The molecule has 0 saturated carbocycles. The SMILES string of the molecule is CC(C)(SC(=S)S)C(=O)O.CCCCCCCCCCCC1SC1=S.[N-]=[N+]=NCCCO. The number of unbranched alkanes of at least 4 members (excludes halogenated alkanes) is 8. The fourth-order valence-electron chi connectivity index (χ4n) is 2.37. The largest absolute Gasteiger partial charge is 0.480 e. The third-order valence-corrected chi connectivity index (χ3v) is 7.50. The molecule has 1 fully saturated rings. The quantitative estimate of drug-likeness (QED) is 0.0369. The standard InChI is InChI=1S/C13H24S2.C5H8O2S3.C3H7N3O/c1-2-3-4-5-6-7-8-9-10-11-12-13(14)15-12;1-5(2,3(6)7)10-4(8)9;4-6-5-2-1-3-7/h12H,2-11H2,1H3;1-2H3,(H,6,7)(H,8,9);7H,1-3H2. The Morgan fingerprint density at radius 1 is 1.19 bits per heavy atom. The second-order valence-corrected chi connectivity index (χ2v) is 13.1. The number of hydrogen-bond acceptors (Lipinski definition) is 7. The zero-order valence-electron chi connectivity index (χ0n) is 19.5. The summed E-state index contributed by atoms with van der Waals surface area (Å²) in [6, 6.07) is 0. The Bertz CT molecular complexity index is 585. The molecule has 0 aliphatic carbocycles. The van der Waals surface area contributed by atoms with Crippen LogP contribution in [0, 0.1) is 0 Å². The highest BCUT2D eigenvalue weighted by Gasteiger charge is 2.30. The molecule has 6 nitrogen and oxygen atoms in total. The maximum Gasteiger partial charge on any atom is 0.319 e. The molecule has 0 bridgehead atoms. The van der Waals surface area contributed by atoms with Crippen LogP contribution in [-0.4, -0.2) is 47.1 Å². The zero-order chi connectivity index (χ0) is 24.8. The van der Waals surface area contributed by atoms with Crippen LogP contribution >= 0.6 is 60.6 Å². The van der Waals surface area contributed by atoms with Crippen molar-refractivity contribution < 1.29 is 15.0 Å². The first-order valence-electron chi connectivity index (χ1n) is 11.1. The van der Waals surface area contributed by atoms with Crippen LogP contribution in [0.15, 0.2) is 5.11 Å². The number of thioether (sulfide) groups is 2. The Balaban J connectivity index is 0. The molecule has 0 amide bonds. The van der Waals surface area contributed by atoms with Crippen molar-refractivity contribution in [2.75, 3.05) is 13.2 Å². The molecule has 2 N–H and O–H groups in total. The third-order valence-electron chi connectivity index (χ3n) is 4.37. The summed E-state index contributed by atoms with van der Waals surface area (Å²) in [5.74, 6) is -0.881. The lowest BCUT2D eigenvalue weighted by Crippen LogP contribution is -2.27. The van der Waals surface area contributed by atoms with Gasteiger partial charge in [0.05, 0.1) is 9.45 Å². The van der Waals surface area contributed by atoms with Gasteiger partial charge in [-0.15, -0.1) is 24.4 Å². The summed E-state index contributed by atoms with van der Waals surface area (Å²) >= 11 is 16.5. The van der Waals surface area contributed by atoms with E-state index in [0.717, 1.165) is 17.0 Å². The van der Waals surface area contributed by atoms with Crippen molar-refractivity contribution in [1.82, 2.24) is 0 Å². The van der Waals surface area contributed by atoms with Crippen LogP contribution in [0.3, 0.4) is 0 Å². The Kier molecular flexibility index (Phi) is 24.3. The van der Waals surface area contributed by atoms with Gasteiger partial charge in [-0.1, -0.05) is 106 Å². The lowest BCUT2D eigenvalue weighted by molar-refractivity contribution is -0.138. The third kappa shape index (κ3) is 24.6. The van der Waals surface area contributed by atoms with Crippen molar-refractivity contribution in [2.24, 2.45) is 5.11 Å². The van der Waals surface area contributed by atoms with Crippen LogP contribution in [0.2, 0.25) is 0 Å². The number of carbonyl (C=O) groups is 1. The minimum absolute atomic E-state index is 0.0962. The number of hydrogen-bond donors (Lipinski definition) is 3. The van der Waals surface area contributed by atoms with Crippen molar-refractivity contribution in [3.8, 4) is 0 Å². The minimum atomic E-state index is -0.881. The van der Waals surface area contributed by atoms with Crippen molar-refractivity contribution >= 4 is 74.3 Å². The summed E-state index contributed by atoms with van der Waals surface area (Å²) in [5.41, 5.74) is 7.67. The number of aliphatic carboxylic acids is 1. The van der Waals surface area contributed by atoms with E-state index in [-0.39, 0.29) is 6.61 Å². The van der Waals surface area contributed by atoms with Gasteiger partial charge in [0.25, 0.3) is 0 Å². The maximum atomic E-state index is 10.4. The van der Waals surface area contributed by atoms with E-state index in [1.165, 1.54) is 68.4 Å². The maximum absolute atomic E-state index is 10.4. The van der Waals surface area contributed by atoms with Crippen LogP contribution in [0.5, 0.6) is 0 Å². The van der Waals surface area contributed by atoms with Crippen LogP contribution in [0.4, 0.5) is 0 Å². The lowest BCUT2D eigenvalue weighted by atomic mass is 10.1. The van der Waals surface area contributed by atoms with E-state index in [1.807, 2.05) is 11.8 Å². The van der Waals surface area contributed by atoms with Gasteiger partial charge < -0.3 is 10.2 Å². The van der Waals surface area contributed by atoms with E-state index >= 15 is 0 Å². The predicted molar refractivity (Wildman–Crippen MR) is 152 cm³/mol. The fraction of sp³-hybridized carbons (Fsp3) is 0.857. The molecule has 0 aromatic rings. The first-order valence-corrected chi connectivity index (χ1v) is 14.1.